The largest absolute Gasteiger partial charge is 0.496 e. The van der Waals surface area contributed by atoms with Gasteiger partial charge in [0.15, 0.2) is 0 Å². The predicted molar refractivity (Wildman–Crippen MR) is 73.8 cm³/mol. The Bertz CT molecular complexity index is 483. The van der Waals surface area contributed by atoms with Gasteiger partial charge in [0, 0.05) is 12.8 Å². The number of hydrogen-bond acceptors (Lipinski definition) is 4. The Kier molecular flexibility index (Phi) is 5.62. The lowest BCUT2D eigenvalue weighted by Gasteiger charge is -2.08. The summed E-state index contributed by atoms with van der Waals surface area (Å²) in [5.41, 5.74) is 2.28. The summed E-state index contributed by atoms with van der Waals surface area (Å²) < 4.78 is 27.1. The molecule has 0 atom stereocenters. The standard InChI is InChI=1S/C13H21NO3S/c1-11-9-12(5-6-13(11)17-2)10-14-7-4-8-18(3,15)16/h5-6,9,14H,4,7-8,10H2,1-3H3. The second kappa shape index (κ2) is 6.75. The van der Waals surface area contributed by atoms with Crippen molar-refractivity contribution in [2.45, 2.75) is 19.9 Å². The van der Waals surface area contributed by atoms with E-state index < -0.39 is 9.84 Å². The van der Waals surface area contributed by atoms with E-state index in [2.05, 4.69) is 11.4 Å². The summed E-state index contributed by atoms with van der Waals surface area (Å²) in [4.78, 5) is 0. The van der Waals surface area contributed by atoms with Crippen LogP contribution in [0, 0.1) is 6.92 Å². The summed E-state index contributed by atoms with van der Waals surface area (Å²) in [6.07, 6.45) is 1.91. The fourth-order valence-corrected chi connectivity index (χ4v) is 2.41. The molecule has 0 radical (unpaired) electrons. The monoisotopic (exact) mass is 271 g/mol. The first-order chi connectivity index (χ1) is 8.42. The summed E-state index contributed by atoms with van der Waals surface area (Å²) in [7, 11) is -1.18. The van der Waals surface area contributed by atoms with Crippen LogP contribution in [0.3, 0.4) is 0 Å². The molecule has 1 N–H and O–H groups in total. The Morgan fingerprint density at radius 3 is 2.61 bits per heavy atom. The first kappa shape index (κ1) is 15.0. The van der Waals surface area contributed by atoms with Crippen LogP contribution < -0.4 is 10.1 Å². The summed E-state index contributed by atoms with van der Waals surface area (Å²) in [6, 6.07) is 6.03. The minimum atomic E-state index is -2.84. The summed E-state index contributed by atoms with van der Waals surface area (Å²) >= 11 is 0. The van der Waals surface area contributed by atoms with Gasteiger partial charge >= 0.3 is 0 Å². The highest BCUT2D eigenvalue weighted by Crippen LogP contribution is 2.18. The predicted octanol–water partition coefficient (Wildman–Crippen LogP) is 1.53. The molecule has 0 spiro atoms. The molecule has 0 aromatic heterocycles. The van der Waals surface area contributed by atoms with Crippen LogP contribution in [0.2, 0.25) is 0 Å². The van der Waals surface area contributed by atoms with Gasteiger partial charge in [0.2, 0.25) is 0 Å². The van der Waals surface area contributed by atoms with E-state index in [1.807, 2.05) is 19.1 Å². The lowest BCUT2D eigenvalue weighted by molar-refractivity contribution is 0.411. The molecular weight excluding hydrogens is 250 g/mol. The highest BCUT2D eigenvalue weighted by molar-refractivity contribution is 7.90. The van der Waals surface area contributed by atoms with Gasteiger partial charge in [-0.3, -0.25) is 0 Å². The number of ether oxygens (including phenoxy) is 1. The van der Waals surface area contributed by atoms with Crippen molar-refractivity contribution in [3.8, 4) is 5.75 Å². The Labute approximate surface area is 109 Å². The molecule has 0 aliphatic carbocycles. The fraction of sp³-hybridized carbons (Fsp3) is 0.538. The third-order valence-corrected chi connectivity index (χ3v) is 3.69. The van der Waals surface area contributed by atoms with E-state index in [9.17, 15) is 8.42 Å². The van der Waals surface area contributed by atoms with Crippen LogP contribution in [0.5, 0.6) is 5.75 Å². The molecule has 1 rings (SSSR count). The van der Waals surface area contributed by atoms with Crippen molar-refractivity contribution in [3.63, 3.8) is 0 Å². The summed E-state index contributed by atoms with van der Waals surface area (Å²) in [6.45, 7) is 3.46. The molecule has 0 unspecified atom stereocenters. The zero-order chi connectivity index (χ0) is 13.6. The van der Waals surface area contributed by atoms with E-state index in [0.717, 1.165) is 17.9 Å². The Hall–Kier alpha value is -1.07. The lowest BCUT2D eigenvalue weighted by Crippen LogP contribution is -2.17. The Balaban J connectivity index is 2.34. The van der Waals surface area contributed by atoms with Crippen LogP contribution in [0.4, 0.5) is 0 Å². The van der Waals surface area contributed by atoms with Crippen molar-refractivity contribution in [2.24, 2.45) is 0 Å². The second-order valence-corrected chi connectivity index (χ2v) is 6.72. The molecule has 0 fully saturated rings. The van der Waals surface area contributed by atoms with Crippen molar-refractivity contribution in [2.75, 3.05) is 25.7 Å². The van der Waals surface area contributed by atoms with Crippen molar-refractivity contribution < 1.29 is 13.2 Å². The van der Waals surface area contributed by atoms with Gasteiger partial charge in [-0.15, -0.1) is 0 Å². The number of benzene rings is 1. The molecule has 0 heterocycles. The highest BCUT2D eigenvalue weighted by Gasteiger charge is 2.02. The molecule has 1 aromatic carbocycles. The maximum Gasteiger partial charge on any atom is 0.147 e. The second-order valence-electron chi connectivity index (χ2n) is 4.46. The maximum atomic E-state index is 10.9. The van der Waals surface area contributed by atoms with Crippen molar-refractivity contribution in [1.29, 1.82) is 0 Å². The first-order valence-corrected chi connectivity index (χ1v) is 8.00. The SMILES string of the molecule is COc1ccc(CNCCCS(C)(=O)=O)cc1C. The molecular formula is C13H21NO3S. The van der Waals surface area contributed by atoms with E-state index in [0.29, 0.717) is 13.0 Å². The molecule has 0 aliphatic rings. The molecule has 0 aliphatic heterocycles. The number of aryl methyl sites for hydroxylation is 1. The van der Waals surface area contributed by atoms with Crippen LogP contribution in [-0.4, -0.2) is 34.1 Å². The van der Waals surface area contributed by atoms with Crippen molar-refractivity contribution in [1.82, 2.24) is 5.32 Å². The Morgan fingerprint density at radius 2 is 2.06 bits per heavy atom. The van der Waals surface area contributed by atoms with Crippen LogP contribution in [-0.2, 0) is 16.4 Å². The average Bonchev–Trinajstić information content (AvgIpc) is 2.27. The van der Waals surface area contributed by atoms with E-state index in [1.54, 1.807) is 7.11 Å². The molecule has 0 saturated heterocycles. The van der Waals surface area contributed by atoms with Gasteiger partial charge in [-0.2, -0.15) is 0 Å². The van der Waals surface area contributed by atoms with Gasteiger partial charge in [-0.25, -0.2) is 8.42 Å². The number of methoxy groups -OCH3 is 1. The minimum absolute atomic E-state index is 0.238. The smallest absolute Gasteiger partial charge is 0.147 e. The van der Waals surface area contributed by atoms with E-state index >= 15 is 0 Å². The Morgan fingerprint density at radius 1 is 1.33 bits per heavy atom. The van der Waals surface area contributed by atoms with Crippen molar-refractivity contribution in [3.05, 3.63) is 29.3 Å². The highest BCUT2D eigenvalue weighted by atomic mass is 32.2. The van der Waals surface area contributed by atoms with Gasteiger partial charge in [-0.05, 0) is 37.1 Å². The topological polar surface area (TPSA) is 55.4 Å². The van der Waals surface area contributed by atoms with Gasteiger partial charge in [-0.1, -0.05) is 12.1 Å². The minimum Gasteiger partial charge on any atom is -0.496 e. The summed E-state index contributed by atoms with van der Waals surface area (Å²) in [5, 5.41) is 3.23. The number of rotatable bonds is 7. The van der Waals surface area contributed by atoms with Crippen LogP contribution in [0.25, 0.3) is 0 Å². The van der Waals surface area contributed by atoms with E-state index in [4.69, 9.17) is 4.74 Å². The van der Waals surface area contributed by atoms with Gasteiger partial charge in [0.1, 0.15) is 15.6 Å². The number of hydrogen-bond donors (Lipinski definition) is 1. The zero-order valence-electron chi connectivity index (χ0n) is 11.2. The molecule has 5 heteroatoms. The molecule has 0 saturated carbocycles. The number of sulfone groups is 1. The van der Waals surface area contributed by atoms with Gasteiger partial charge in [0.05, 0.1) is 12.9 Å². The van der Waals surface area contributed by atoms with Gasteiger partial charge < -0.3 is 10.1 Å². The normalized spacial score (nSPS) is 11.5. The first-order valence-electron chi connectivity index (χ1n) is 5.94. The zero-order valence-corrected chi connectivity index (χ0v) is 12.0. The molecule has 0 bridgehead atoms. The molecule has 1 aromatic rings. The van der Waals surface area contributed by atoms with E-state index in [-0.39, 0.29) is 5.75 Å². The van der Waals surface area contributed by atoms with Crippen LogP contribution in [0.15, 0.2) is 18.2 Å². The fourth-order valence-electron chi connectivity index (χ4n) is 1.74. The van der Waals surface area contributed by atoms with Crippen LogP contribution >= 0.6 is 0 Å². The van der Waals surface area contributed by atoms with Gasteiger partial charge in [0.25, 0.3) is 0 Å². The molecule has 0 amide bonds. The summed E-state index contributed by atoms with van der Waals surface area (Å²) in [5.74, 6) is 1.12. The van der Waals surface area contributed by atoms with Crippen molar-refractivity contribution >= 4 is 9.84 Å². The number of nitrogens with one attached hydrogen (secondary N) is 1. The molecule has 102 valence electrons. The lowest BCUT2D eigenvalue weighted by atomic mass is 10.1. The van der Waals surface area contributed by atoms with Crippen LogP contribution in [0.1, 0.15) is 17.5 Å². The quantitative estimate of drug-likeness (QED) is 0.764. The maximum absolute atomic E-state index is 10.9. The molecule has 4 nitrogen and oxygen atoms in total. The molecule has 18 heavy (non-hydrogen) atoms. The third-order valence-electron chi connectivity index (χ3n) is 2.66. The average molecular weight is 271 g/mol. The van der Waals surface area contributed by atoms with E-state index in [1.165, 1.54) is 11.8 Å². The third kappa shape index (κ3) is 5.51.